The first-order valence-corrected chi connectivity index (χ1v) is 6.99. The third kappa shape index (κ3) is 4.00. The maximum Gasteiger partial charge on any atom is 0.272 e. The van der Waals surface area contributed by atoms with Crippen molar-refractivity contribution in [3.05, 3.63) is 33.9 Å². The molecule has 0 saturated carbocycles. The number of aliphatic hydroxyl groups is 1. The van der Waals surface area contributed by atoms with Gasteiger partial charge < -0.3 is 5.11 Å². The van der Waals surface area contributed by atoms with Crippen molar-refractivity contribution in [3.63, 3.8) is 0 Å². The fraction of sp³-hybridized carbons (Fsp3) is 0.200. The van der Waals surface area contributed by atoms with Crippen LogP contribution in [-0.2, 0) is 9.05 Å². The zero-order valence-corrected chi connectivity index (χ0v) is 10.5. The summed E-state index contributed by atoms with van der Waals surface area (Å²) in [6.45, 7) is -0.150. The van der Waals surface area contributed by atoms with Gasteiger partial charge in [-0.3, -0.25) is 10.1 Å². The van der Waals surface area contributed by atoms with E-state index in [4.69, 9.17) is 15.8 Å². The van der Waals surface area contributed by atoms with Crippen molar-refractivity contribution in [2.75, 3.05) is 6.61 Å². The van der Waals surface area contributed by atoms with E-state index in [1.807, 2.05) is 0 Å². The molecule has 96 valence electrons. The molecule has 0 radical (unpaired) electrons. The van der Waals surface area contributed by atoms with Crippen LogP contribution in [0.15, 0.2) is 23.1 Å². The van der Waals surface area contributed by atoms with Crippen molar-refractivity contribution < 1.29 is 18.4 Å². The van der Waals surface area contributed by atoms with Crippen molar-refractivity contribution in [3.8, 4) is 11.8 Å². The lowest BCUT2D eigenvalue weighted by atomic mass is 10.2. The van der Waals surface area contributed by atoms with Gasteiger partial charge in [-0.2, -0.15) is 0 Å². The van der Waals surface area contributed by atoms with E-state index in [-0.39, 0.29) is 23.5 Å². The molecule has 0 fully saturated rings. The van der Waals surface area contributed by atoms with Crippen LogP contribution >= 0.6 is 10.7 Å². The second-order valence-electron chi connectivity index (χ2n) is 3.19. The molecule has 0 aromatic heterocycles. The summed E-state index contributed by atoms with van der Waals surface area (Å²) in [6, 6.07) is 3.13. The van der Waals surface area contributed by atoms with E-state index >= 15 is 0 Å². The Morgan fingerprint density at radius 2 is 2.06 bits per heavy atom. The molecule has 1 aromatic carbocycles. The Labute approximate surface area is 108 Å². The molecule has 0 heterocycles. The highest BCUT2D eigenvalue weighted by Crippen LogP contribution is 2.23. The maximum absolute atomic E-state index is 11.1. The first kappa shape index (κ1) is 14.4. The summed E-state index contributed by atoms with van der Waals surface area (Å²) < 4.78 is 22.3. The average molecular weight is 290 g/mol. The number of nitro groups is 1. The SMILES string of the molecule is O=[N+]([O-])c1cc(C#CCCO)cc(S(=O)(=O)Cl)c1. The van der Waals surface area contributed by atoms with Gasteiger partial charge in [-0.15, -0.1) is 0 Å². The van der Waals surface area contributed by atoms with Crippen LogP contribution in [0, 0.1) is 22.0 Å². The molecule has 0 spiro atoms. The second-order valence-corrected chi connectivity index (χ2v) is 5.75. The van der Waals surface area contributed by atoms with Gasteiger partial charge in [-0.1, -0.05) is 11.8 Å². The van der Waals surface area contributed by atoms with Crippen LogP contribution in [0.2, 0.25) is 0 Å². The molecule has 0 aliphatic rings. The molecular weight excluding hydrogens is 282 g/mol. The third-order valence-corrected chi connectivity index (χ3v) is 3.19. The first-order chi connectivity index (χ1) is 8.34. The summed E-state index contributed by atoms with van der Waals surface area (Å²) in [5.41, 5.74) is -0.262. The molecule has 0 unspecified atom stereocenters. The van der Waals surface area contributed by atoms with Gasteiger partial charge >= 0.3 is 0 Å². The lowest BCUT2D eigenvalue weighted by molar-refractivity contribution is -0.385. The third-order valence-electron chi connectivity index (χ3n) is 1.85. The van der Waals surface area contributed by atoms with Gasteiger partial charge in [0, 0.05) is 34.8 Å². The molecule has 6 nitrogen and oxygen atoms in total. The first-order valence-electron chi connectivity index (χ1n) is 4.68. The number of rotatable bonds is 3. The average Bonchev–Trinajstić information content (AvgIpc) is 2.28. The highest BCUT2D eigenvalue weighted by atomic mass is 35.7. The zero-order chi connectivity index (χ0) is 13.8. The number of halogens is 1. The van der Waals surface area contributed by atoms with Crippen molar-refractivity contribution in [1.29, 1.82) is 0 Å². The summed E-state index contributed by atoms with van der Waals surface area (Å²) in [4.78, 5) is 9.53. The maximum atomic E-state index is 11.1. The van der Waals surface area contributed by atoms with Crippen LogP contribution in [0.1, 0.15) is 12.0 Å². The molecule has 1 aromatic rings. The molecule has 0 aliphatic carbocycles. The van der Waals surface area contributed by atoms with Gasteiger partial charge in [0.05, 0.1) is 16.4 Å². The Balaban J connectivity index is 3.33. The number of nitrogens with zero attached hydrogens (tertiary/aromatic N) is 1. The molecule has 0 aliphatic heterocycles. The Morgan fingerprint density at radius 1 is 1.39 bits per heavy atom. The fourth-order valence-electron chi connectivity index (χ4n) is 1.12. The minimum atomic E-state index is -4.06. The Kier molecular flexibility index (Phi) is 4.67. The molecule has 8 heteroatoms. The standard InChI is InChI=1S/C10H8ClNO5S/c11-18(16,17)10-6-8(3-1-2-4-13)5-9(7-10)12(14)15/h5-7,13H,2,4H2. The lowest BCUT2D eigenvalue weighted by Crippen LogP contribution is -1.96. The molecule has 0 bridgehead atoms. The van der Waals surface area contributed by atoms with Crippen molar-refractivity contribution >= 4 is 25.4 Å². The van der Waals surface area contributed by atoms with E-state index in [1.165, 1.54) is 0 Å². The smallest absolute Gasteiger partial charge is 0.272 e. The number of non-ortho nitro benzene ring substituents is 1. The van der Waals surface area contributed by atoms with Gasteiger partial charge in [0.25, 0.3) is 14.7 Å². The number of aliphatic hydroxyl groups excluding tert-OH is 1. The van der Waals surface area contributed by atoms with E-state index in [1.54, 1.807) is 0 Å². The van der Waals surface area contributed by atoms with E-state index in [0.717, 1.165) is 18.2 Å². The minimum Gasteiger partial charge on any atom is -0.395 e. The zero-order valence-electron chi connectivity index (χ0n) is 8.96. The molecule has 18 heavy (non-hydrogen) atoms. The fourth-order valence-corrected chi connectivity index (χ4v) is 1.92. The minimum absolute atomic E-state index is 0.150. The quantitative estimate of drug-likeness (QED) is 0.391. The van der Waals surface area contributed by atoms with E-state index in [2.05, 4.69) is 11.8 Å². The van der Waals surface area contributed by atoms with Crippen molar-refractivity contribution in [2.45, 2.75) is 11.3 Å². The number of nitro benzene ring substituents is 1. The van der Waals surface area contributed by atoms with Gasteiger partial charge in [-0.25, -0.2) is 8.42 Å². The number of hydrogen-bond acceptors (Lipinski definition) is 5. The monoisotopic (exact) mass is 289 g/mol. The number of benzene rings is 1. The van der Waals surface area contributed by atoms with Crippen LogP contribution < -0.4 is 0 Å². The van der Waals surface area contributed by atoms with Crippen molar-refractivity contribution in [1.82, 2.24) is 0 Å². The summed E-state index contributed by atoms with van der Waals surface area (Å²) >= 11 is 0. The van der Waals surface area contributed by atoms with E-state index < -0.39 is 19.7 Å². The summed E-state index contributed by atoms with van der Waals surface area (Å²) in [5.74, 6) is 5.05. The van der Waals surface area contributed by atoms with Crippen LogP contribution in [0.25, 0.3) is 0 Å². The van der Waals surface area contributed by atoms with Gasteiger partial charge in [0.1, 0.15) is 0 Å². The highest BCUT2D eigenvalue weighted by molar-refractivity contribution is 8.13. The highest BCUT2D eigenvalue weighted by Gasteiger charge is 2.16. The Hall–Kier alpha value is -1.62. The van der Waals surface area contributed by atoms with Gasteiger partial charge in [0.15, 0.2) is 0 Å². The molecule has 0 amide bonds. The predicted molar refractivity (Wildman–Crippen MR) is 64.7 cm³/mol. The van der Waals surface area contributed by atoms with Crippen LogP contribution in [0.3, 0.4) is 0 Å². The van der Waals surface area contributed by atoms with Crippen LogP contribution in [-0.4, -0.2) is 25.1 Å². The van der Waals surface area contributed by atoms with Crippen LogP contribution in [0.4, 0.5) is 5.69 Å². The summed E-state index contributed by atoms with van der Waals surface area (Å²) in [7, 11) is 1.07. The number of hydrogen-bond donors (Lipinski definition) is 1. The topological polar surface area (TPSA) is 97.5 Å². The normalized spacial score (nSPS) is 10.6. The molecule has 1 N–H and O–H groups in total. The molecule has 0 saturated heterocycles. The Morgan fingerprint density at radius 3 is 2.56 bits per heavy atom. The van der Waals surface area contributed by atoms with E-state index in [0.29, 0.717) is 0 Å². The van der Waals surface area contributed by atoms with Crippen LogP contribution in [0.5, 0.6) is 0 Å². The second kappa shape index (κ2) is 5.82. The molecule has 0 atom stereocenters. The lowest BCUT2D eigenvalue weighted by Gasteiger charge is -1.98. The summed E-state index contributed by atoms with van der Waals surface area (Å²) in [6.07, 6.45) is 0.186. The summed E-state index contributed by atoms with van der Waals surface area (Å²) in [5, 5.41) is 19.2. The molecular formula is C10H8ClNO5S. The molecule has 1 rings (SSSR count). The van der Waals surface area contributed by atoms with E-state index in [9.17, 15) is 18.5 Å². The Bertz CT molecular complexity index is 629. The van der Waals surface area contributed by atoms with Crippen molar-refractivity contribution in [2.24, 2.45) is 0 Å². The predicted octanol–water partition coefficient (Wildman–Crippen LogP) is 1.26. The van der Waals surface area contributed by atoms with Gasteiger partial charge in [0.2, 0.25) is 0 Å². The largest absolute Gasteiger partial charge is 0.395 e. The van der Waals surface area contributed by atoms with Gasteiger partial charge in [-0.05, 0) is 6.07 Å².